The van der Waals surface area contributed by atoms with Crippen LogP contribution in [0.2, 0.25) is 0 Å². The predicted molar refractivity (Wildman–Crippen MR) is 38.0 cm³/mol. The van der Waals surface area contributed by atoms with Gasteiger partial charge in [-0.3, -0.25) is 0 Å². The molecule has 0 bridgehead atoms. The number of hydrogen-bond acceptors (Lipinski definition) is 4. The Labute approximate surface area is 65.7 Å². The molecule has 0 aromatic heterocycles. The van der Waals surface area contributed by atoms with E-state index in [-0.39, 0.29) is 6.10 Å². The molecule has 2 N–H and O–H groups in total. The molecule has 0 unspecified atom stereocenters. The molecule has 1 saturated heterocycles. The smallest absolute Gasteiger partial charge is 0.188 e. The second kappa shape index (κ2) is 2.71. The van der Waals surface area contributed by atoms with Crippen LogP contribution in [0.3, 0.4) is 0 Å². The molecule has 1 aliphatic heterocycles. The summed E-state index contributed by atoms with van der Waals surface area (Å²) < 4.78 is 9.95. The lowest BCUT2D eigenvalue weighted by atomic mass is 9.98. The number of aliphatic hydroxyl groups is 2. The monoisotopic (exact) mass is 162 g/mol. The first-order chi connectivity index (χ1) is 5.00. The number of hydrogen-bond donors (Lipinski definition) is 2. The third kappa shape index (κ3) is 1.27. The summed E-state index contributed by atoms with van der Waals surface area (Å²) >= 11 is 0. The van der Waals surface area contributed by atoms with Gasteiger partial charge in [0, 0.05) is 7.11 Å². The van der Waals surface area contributed by atoms with Gasteiger partial charge in [-0.1, -0.05) is 0 Å². The zero-order valence-electron chi connectivity index (χ0n) is 6.94. The summed E-state index contributed by atoms with van der Waals surface area (Å²) in [7, 11) is 1.43. The number of methoxy groups -OCH3 is 1. The van der Waals surface area contributed by atoms with Crippen LogP contribution in [-0.2, 0) is 9.47 Å². The second-order valence-corrected chi connectivity index (χ2v) is 3.08. The summed E-state index contributed by atoms with van der Waals surface area (Å²) in [4.78, 5) is 0. The van der Waals surface area contributed by atoms with Crippen molar-refractivity contribution in [2.24, 2.45) is 0 Å². The SMILES string of the molecule is CO[C@H]1O[C@H](C)[C@@H](O)[C@@]1(C)O. The van der Waals surface area contributed by atoms with Gasteiger partial charge in [-0.15, -0.1) is 0 Å². The van der Waals surface area contributed by atoms with Crippen molar-refractivity contribution in [2.75, 3.05) is 7.11 Å². The molecule has 1 fully saturated rings. The molecule has 0 radical (unpaired) electrons. The summed E-state index contributed by atoms with van der Waals surface area (Å²) in [5.41, 5.74) is -1.30. The largest absolute Gasteiger partial charge is 0.387 e. The van der Waals surface area contributed by atoms with Crippen LogP contribution in [-0.4, -0.2) is 41.4 Å². The van der Waals surface area contributed by atoms with Gasteiger partial charge >= 0.3 is 0 Å². The molecule has 0 amide bonds. The van der Waals surface area contributed by atoms with Crippen LogP contribution in [0.15, 0.2) is 0 Å². The lowest BCUT2D eigenvalue weighted by molar-refractivity contribution is -0.184. The number of aliphatic hydroxyl groups excluding tert-OH is 1. The van der Waals surface area contributed by atoms with E-state index in [1.54, 1.807) is 6.92 Å². The van der Waals surface area contributed by atoms with Gasteiger partial charge < -0.3 is 19.7 Å². The van der Waals surface area contributed by atoms with Gasteiger partial charge in [-0.25, -0.2) is 0 Å². The Morgan fingerprint density at radius 3 is 2.27 bits per heavy atom. The Morgan fingerprint density at radius 2 is 2.09 bits per heavy atom. The molecule has 0 spiro atoms. The van der Waals surface area contributed by atoms with Crippen molar-refractivity contribution in [3.8, 4) is 0 Å². The summed E-state index contributed by atoms with van der Waals surface area (Å²) in [5.74, 6) is 0. The van der Waals surface area contributed by atoms with E-state index >= 15 is 0 Å². The van der Waals surface area contributed by atoms with Crippen molar-refractivity contribution >= 4 is 0 Å². The molecule has 1 heterocycles. The molecule has 0 aromatic rings. The molecule has 4 nitrogen and oxygen atoms in total. The fourth-order valence-corrected chi connectivity index (χ4v) is 1.32. The van der Waals surface area contributed by atoms with E-state index in [1.165, 1.54) is 14.0 Å². The van der Waals surface area contributed by atoms with Crippen molar-refractivity contribution in [3.63, 3.8) is 0 Å². The third-order valence-corrected chi connectivity index (χ3v) is 2.07. The van der Waals surface area contributed by atoms with Crippen LogP contribution >= 0.6 is 0 Å². The molecular weight excluding hydrogens is 148 g/mol. The van der Waals surface area contributed by atoms with Crippen LogP contribution in [0.1, 0.15) is 13.8 Å². The van der Waals surface area contributed by atoms with Crippen LogP contribution in [0.25, 0.3) is 0 Å². The molecule has 0 aliphatic carbocycles. The molecule has 1 rings (SSSR count). The standard InChI is InChI=1S/C7H14O4/c1-4-5(8)7(2,9)6(10-3)11-4/h4-6,8-9H,1-3H3/t4-,5-,6+,7-/m1/s1. The molecule has 0 saturated carbocycles. The lowest BCUT2D eigenvalue weighted by Gasteiger charge is -2.24. The molecule has 66 valence electrons. The number of ether oxygens (including phenoxy) is 2. The summed E-state index contributed by atoms with van der Waals surface area (Å²) in [6.07, 6.45) is -1.99. The first-order valence-corrected chi connectivity index (χ1v) is 3.59. The van der Waals surface area contributed by atoms with E-state index in [0.29, 0.717) is 0 Å². The topological polar surface area (TPSA) is 58.9 Å². The van der Waals surface area contributed by atoms with E-state index < -0.39 is 18.0 Å². The van der Waals surface area contributed by atoms with Gasteiger partial charge in [-0.05, 0) is 13.8 Å². The Bertz CT molecular complexity index is 145. The van der Waals surface area contributed by atoms with E-state index in [9.17, 15) is 10.2 Å². The molecule has 11 heavy (non-hydrogen) atoms. The third-order valence-electron chi connectivity index (χ3n) is 2.07. The van der Waals surface area contributed by atoms with Crippen molar-refractivity contribution in [3.05, 3.63) is 0 Å². The molecule has 4 heteroatoms. The first-order valence-electron chi connectivity index (χ1n) is 3.59. The second-order valence-electron chi connectivity index (χ2n) is 3.08. The van der Waals surface area contributed by atoms with Crippen molar-refractivity contribution < 1.29 is 19.7 Å². The average molecular weight is 162 g/mol. The summed E-state index contributed by atoms with van der Waals surface area (Å²) in [6.45, 7) is 3.19. The number of rotatable bonds is 1. The van der Waals surface area contributed by atoms with Crippen LogP contribution < -0.4 is 0 Å². The van der Waals surface area contributed by atoms with Crippen molar-refractivity contribution in [2.45, 2.75) is 37.9 Å². The van der Waals surface area contributed by atoms with Gasteiger partial charge in [0.25, 0.3) is 0 Å². The Hall–Kier alpha value is -0.160. The maximum Gasteiger partial charge on any atom is 0.188 e. The quantitative estimate of drug-likeness (QED) is 0.545. The Kier molecular flexibility index (Phi) is 2.20. The van der Waals surface area contributed by atoms with Gasteiger partial charge in [0.1, 0.15) is 11.7 Å². The molecule has 1 aliphatic rings. The highest BCUT2D eigenvalue weighted by atomic mass is 16.7. The molecule has 0 aromatic carbocycles. The van der Waals surface area contributed by atoms with Crippen molar-refractivity contribution in [1.29, 1.82) is 0 Å². The highest BCUT2D eigenvalue weighted by molar-refractivity contribution is 4.95. The Morgan fingerprint density at radius 1 is 1.55 bits per heavy atom. The Balaban J connectivity index is 2.74. The highest BCUT2D eigenvalue weighted by Crippen LogP contribution is 2.30. The molecule has 4 atom stereocenters. The van der Waals surface area contributed by atoms with Gasteiger partial charge in [0.05, 0.1) is 6.10 Å². The summed E-state index contributed by atoms with van der Waals surface area (Å²) in [5, 5.41) is 19.0. The maximum atomic E-state index is 9.59. The zero-order valence-corrected chi connectivity index (χ0v) is 6.94. The van der Waals surface area contributed by atoms with Crippen molar-refractivity contribution in [1.82, 2.24) is 0 Å². The predicted octanol–water partition coefficient (Wildman–Crippen LogP) is -0.510. The normalized spacial score (nSPS) is 51.5. The first kappa shape index (κ1) is 8.93. The lowest BCUT2D eigenvalue weighted by Crippen LogP contribution is -2.45. The van der Waals surface area contributed by atoms with Crippen LogP contribution in [0, 0.1) is 0 Å². The fraction of sp³-hybridized carbons (Fsp3) is 1.00. The average Bonchev–Trinajstić information content (AvgIpc) is 2.13. The van der Waals surface area contributed by atoms with Crippen LogP contribution in [0.4, 0.5) is 0 Å². The molecular formula is C7H14O4. The minimum atomic E-state index is -1.30. The van der Waals surface area contributed by atoms with E-state index in [4.69, 9.17) is 9.47 Å². The highest BCUT2D eigenvalue weighted by Gasteiger charge is 2.50. The fourth-order valence-electron chi connectivity index (χ4n) is 1.32. The van der Waals surface area contributed by atoms with E-state index in [0.717, 1.165) is 0 Å². The maximum absolute atomic E-state index is 9.59. The van der Waals surface area contributed by atoms with Gasteiger partial charge in [0.2, 0.25) is 0 Å². The minimum absolute atomic E-state index is 0.380. The van der Waals surface area contributed by atoms with E-state index in [1.807, 2.05) is 0 Å². The minimum Gasteiger partial charge on any atom is -0.387 e. The summed E-state index contributed by atoms with van der Waals surface area (Å²) in [6, 6.07) is 0. The van der Waals surface area contributed by atoms with Crippen LogP contribution in [0.5, 0.6) is 0 Å². The van der Waals surface area contributed by atoms with Gasteiger partial charge in [-0.2, -0.15) is 0 Å². The zero-order chi connectivity index (χ0) is 8.65. The van der Waals surface area contributed by atoms with Gasteiger partial charge in [0.15, 0.2) is 6.29 Å². The van der Waals surface area contributed by atoms with E-state index in [2.05, 4.69) is 0 Å².